The first-order chi connectivity index (χ1) is 8.67. The summed E-state index contributed by atoms with van der Waals surface area (Å²) in [6, 6.07) is 4.52. The van der Waals surface area contributed by atoms with E-state index in [4.69, 9.17) is 14.6 Å². The van der Waals surface area contributed by atoms with Gasteiger partial charge in [-0.3, -0.25) is 4.99 Å². The Bertz CT molecular complexity index is 387. The van der Waals surface area contributed by atoms with Gasteiger partial charge in [0.1, 0.15) is 0 Å². The van der Waals surface area contributed by atoms with Gasteiger partial charge in [0.05, 0.1) is 6.54 Å². The summed E-state index contributed by atoms with van der Waals surface area (Å²) in [5, 5.41) is 18.5. The highest BCUT2D eigenvalue weighted by Gasteiger charge is 2.05. The average Bonchev–Trinajstić information content (AvgIpc) is 2.34. The molecule has 0 saturated heterocycles. The van der Waals surface area contributed by atoms with Gasteiger partial charge in [0.15, 0.2) is 17.8 Å². The predicted octanol–water partition coefficient (Wildman–Crippen LogP) is 1.92. The molecule has 5 heteroatoms. The Morgan fingerprint density at radius 2 is 1.83 bits per heavy atom. The summed E-state index contributed by atoms with van der Waals surface area (Å²) in [5.74, 6) is -0.307. The average molecular weight is 253 g/mol. The van der Waals surface area contributed by atoms with Crippen molar-refractivity contribution < 1.29 is 19.7 Å². The van der Waals surface area contributed by atoms with Gasteiger partial charge >= 0.3 is 0 Å². The number of hydrogen-bond acceptors (Lipinski definition) is 5. The highest BCUT2D eigenvalue weighted by atomic mass is 16.7. The van der Waals surface area contributed by atoms with E-state index in [0.717, 1.165) is 0 Å². The zero-order valence-electron chi connectivity index (χ0n) is 10.7. The lowest BCUT2D eigenvalue weighted by Crippen LogP contribution is -2.20. The maximum atomic E-state index is 9.32. The minimum Gasteiger partial charge on any atom is -0.504 e. The van der Waals surface area contributed by atoms with E-state index in [0.29, 0.717) is 25.3 Å². The van der Waals surface area contributed by atoms with E-state index in [-0.39, 0.29) is 17.8 Å². The predicted molar refractivity (Wildman–Crippen MR) is 69.3 cm³/mol. The Kier molecular flexibility index (Phi) is 6.18. The van der Waals surface area contributed by atoms with Crippen LogP contribution in [0.25, 0.3) is 0 Å². The van der Waals surface area contributed by atoms with Crippen LogP contribution in [-0.2, 0) is 9.47 Å². The molecule has 0 aliphatic carbocycles. The summed E-state index contributed by atoms with van der Waals surface area (Å²) < 4.78 is 10.7. The number of ether oxygens (including phenoxy) is 2. The summed E-state index contributed by atoms with van der Waals surface area (Å²) in [7, 11) is 0. The highest BCUT2D eigenvalue weighted by Crippen LogP contribution is 2.23. The molecule has 1 aromatic carbocycles. The molecule has 0 amide bonds. The first-order valence-corrected chi connectivity index (χ1v) is 5.92. The van der Waals surface area contributed by atoms with E-state index in [1.807, 2.05) is 13.8 Å². The number of aliphatic imine (C=N–C) groups is 1. The second-order valence-electron chi connectivity index (χ2n) is 3.58. The molecular formula is C13H19NO4. The number of rotatable bonds is 7. The fourth-order valence-corrected chi connectivity index (χ4v) is 1.39. The molecule has 2 N–H and O–H groups in total. The van der Waals surface area contributed by atoms with Crippen molar-refractivity contribution in [3.63, 3.8) is 0 Å². The van der Waals surface area contributed by atoms with Gasteiger partial charge in [-0.05, 0) is 37.6 Å². The molecule has 0 unspecified atom stereocenters. The quantitative estimate of drug-likeness (QED) is 0.442. The van der Waals surface area contributed by atoms with E-state index in [1.165, 1.54) is 12.1 Å². The number of aromatic hydroxyl groups is 2. The fraction of sp³-hybridized carbons (Fsp3) is 0.462. The molecule has 0 bridgehead atoms. The SMILES string of the molecule is CCOC(CN=Cc1ccc(O)c(O)c1)OCC. The van der Waals surface area contributed by atoms with Gasteiger partial charge in [0.25, 0.3) is 0 Å². The van der Waals surface area contributed by atoms with Crippen LogP contribution in [0.4, 0.5) is 0 Å². The van der Waals surface area contributed by atoms with Crippen molar-refractivity contribution in [1.29, 1.82) is 0 Å². The van der Waals surface area contributed by atoms with Crippen LogP contribution in [0.5, 0.6) is 11.5 Å². The zero-order valence-corrected chi connectivity index (χ0v) is 10.7. The normalized spacial score (nSPS) is 11.5. The summed E-state index contributed by atoms with van der Waals surface area (Å²) in [6.45, 7) is 5.32. The molecule has 0 aromatic heterocycles. The first-order valence-electron chi connectivity index (χ1n) is 5.92. The summed E-state index contributed by atoms with van der Waals surface area (Å²) in [6.07, 6.45) is 1.26. The van der Waals surface area contributed by atoms with Crippen molar-refractivity contribution >= 4 is 6.21 Å². The lowest BCUT2D eigenvalue weighted by Gasteiger charge is -2.14. The maximum absolute atomic E-state index is 9.32. The first kappa shape index (κ1) is 14.5. The molecule has 5 nitrogen and oxygen atoms in total. The Balaban J connectivity index is 2.54. The number of hydrogen-bond donors (Lipinski definition) is 2. The Hall–Kier alpha value is -1.59. The maximum Gasteiger partial charge on any atom is 0.176 e. The third-order valence-electron chi connectivity index (χ3n) is 2.20. The molecule has 0 spiro atoms. The van der Waals surface area contributed by atoms with Crippen molar-refractivity contribution in [3.8, 4) is 11.5 Å². The van der Waals surface area contributed by atoms with Crippen molar-refractivity contribution in [2.45, 2.75) is 20.1 Å². The van der Waals surface area contributed by atoms with Crippen molar-refractivity contribution in [2.24, 2.45) is 4.99 Å². The van der Waals surface area contributed by atoms with Gasteiger partial charge in [-0.25, -0.2) is 0 Å². The van der Waals surface area contributed by atoms with Crippen molar-refractivity contribution in [1.82, 2.24) is 0 Å². The minimum atomic E-state index is -0.345. The molecule has 1 rings (SSSR count). The van der Waals surface area contributed by atoms with E-state index in [2.05, 4.69) is 4.99 Å². The third kappa shape index (κ3) is 4.73. The Labute approximate surface area is 107 Å². The van der Waals surface area contributed by atoms with Crippen LogP contribution in [0.3, 0.4) is 0 Å². The molecule has 0 fully saturated rings. The van der Waals surface area contributed by atoms with Crippen LogP contribution in [0, 0.1) is 0 Å². The van der Waals surface area contributed by atoms with Crippen LogP contribution >= 0.6 is 0 Å². The monoisotopic (exact) mass is 253 g/mol. The standard InChI is InChI=1S/C13H19NO4/c1-3-17-13(18-4-2)9-14-8-10-5-6-11(15)12(16)7-10/h5-8,13,15-16H,3-4,9H2,1-2H3. The van der Waals surface area contributed by atoms with Crippen LogP contribution in [0.1, 0.15) is 19.4 Å². The van der Waals surface area contributed by atoms with Crippen LogP contribution in [-0.4, -0.2) is 42.5 Å². The molecule has 18 heavy (non-hydrogen) atoms. The summed E-state index contributed by atoms with van der Waals surface area (Å²) in [4.78, 5) is 4.18. The fourth-order valence-electron chi connectivity index (χ4n) is 1.39. The molecule has 100 valence electrons. The largest absolute Gasteiger partial charge is 0.504 e. The van der Waals surface area contributed by atoms with E-state index in [9.17, 15) is 5.11 Å². The molecule has 0 radical (unpaired) electrons. The molecule has 0 saturated carbocycles. The van der Waals surface area contributed by atoms with Gasteiger partial charge in [-0.2, -0.15) is 0 Å². The Morgan fingerprint density at radius 3 is 2.39 bits per heavy atom. The molecule has 0 aliphatic rings. The van der Waals surface area contributed by atoms with Crippen molar-refractivity contribution in [2.75, 3.05) is 19.8 Å². The smallest absolute Gasteiger partial charge is 0.176 e. The zero-order chi connectivity index (χ0) is 13.4. The van der Waals surface area contributed by atoms with Crippen LogP contribution in [0.15, 0.2) is 23.2 Å². The van der Waals surface area contributed by atoms with E-state index >= 15 is 0 Å². The molecule has 0 atom stereocenters. The molecule has 0 heterocycles. The topological polar surface area (TPSA) is 71.3 Å². The van der Waals surface area contributed by atoms with Crippen LogP contribution in [0.2, 0.25) is 0 Å². The van der Waals surface area contributed by atoms with Gasteiger partial charge in [0.2, 0.25) is 0 Å². The lowest BCUT2D eigenvalue weighted by atomic mass is 10.2. The third-order valence-corrected chi connectivity index (χ3v) is 2.20. The second kappa shape index (κ2) is 7.68. The molecule has 1 aromatic rings. The van der Waals surface area contributed by atoms with Crippen LogP contribution < -0.4 is 0 Å². The van der Waals surface area contributed by atoms with Gasteiger partial charge in [-0.15, -0.1) is 0 Å². The van der Waals surface area contributed by atoms with Gasteiger partial charge in [-0.1, -0.05) is 0 Å². The number of phenolic OH excluding ortho intramolecular Hbond substituents is 2. The minimum absolute atomic E-state index is 0.145. The second-order valence-corrected chi connectivity index (χ2v) is 3.58. The number of benzene rings is 1. The van der Waals surface area contributed by atoms with Gasteiger partial charge in [0, 0.05) is 19.4 Å². The highest BCUT2D eigenvalue weighted by molar-refractivity contribution is 5.80. The number of nitrogens with zero attached hydrogens (tertiary/aromatic N) is 1. The molecular weight excluding hydrogens is 234 g/mol. The molecule has 0 aliphatic heterocycles. The summed E-state index contributed by atoms with van der Waals surface area (Å²) >= 11 is 0. The number of phenols is 2. The van der Waals surface area contributed by atoms with E-state index < -0.39 is 0 Å². The summed E-state index contributed by atoms with van der Waals surface area (Å²) in [5.41, 5.74) is 0.706. The van der Waals surface area contributed by atoms with E-state index in [1.54, 1.807) is 12.3 Å². The lowest BCUT2D eigenvalue weighted by molar-refractivity contribution is -0.128. The van der Waals surface area contributed by atoms with Crippen molar-refractivity contribution in [3.05, 3.63) is 23.8 Å². The van der Waals surface area contributed by atoms with Gasteiger partial charge < -0.3 is 19.7 Å². The Morgan fingerprint density at radius 1 is 1.17 bits per heavy atom.